The summed E-state index contributed by atoms with van der Waals surface area (Å²) in [6.07, 6.45) is 3.57. The highest BCUT2D eigenvalue weighted by molar-refractivity contribution is 5.68. The summed E-state index contributed by atoms with van der Waals surface area (Å²) in [5, 5.41) is 11.6. The minimum absolute atomic E-state index is 0.194. The highest BCUT2D eigenvalue weighted by Crippen LogP contribution is 2.52. The van der Waals surface area contributed by atoms with Crippen LogP contribution < -0.4 is 5.32 Å². The number of ether oxygens (including phenoxy) is 1. The average Bonchev–Trinajstić information content (AvgIpc) is 2.98. The highest BCUT2D eigenvalue weighted by Gasteiger charge is 2.55. The largest absolute Gasteiger partial charge is 0.444 e. The topological polar surface area (TPSA) is 65.4 Å². The first-order valence-corrected chi connectivity index (χ1v) is 7.43. The van der Waals surface area contributed by atoms with Crippen LogP contribution in [-0.4, -0.2) is 42.3 Å². The normalized spacial score (nSPS) is 24.4. The maximum atomic E-state index is 11.9. The standard InChI is InChI=1S/C15H25N3O2/c1-14(2,3)20-13(19)17-12-10-18(9-5-4-8-16)11-15(12)6-7-15/h12H,4-7,9-11H2,1-3H3,(H,17,19)/t12-/m1/s1. The zero-order chi connectivity index (χ0) is 14.8. The quantitative estimate of drug-likeness (QED) is 0.802. The van der Waals surface area contributed by atoms with Crippen LogP contribution in [0, 0.1) is 16.7 Å². The maximum Gasteiger partial charge on any atom is 0.407 e. The summed E-state index contributed by atoms with van der Waals surface area (Å²) in [7, 11) is 0. The van der Waals surface area contributed by atoms with Gasteiger partial charge in [0.15, 0.2) is 0 Å². The zero-order valence-corrected chi connectivity index (χ0v) is 12.7. The van der Waals surface area contributed by atoms with Gasteiger partial charge in [-0.25, -0.2) is 4.79 Å². The Bertz CT molecular complexity index is 404. The second kappa shape index (κ2) is 5.61. The molecular weight excluding hydrogens is 254 g/mol. The molecule has 0 aromatic heterocycles. The molecule has 0 bridgehead atoms. The third-order valence-corrected chi connectivity index (χ3v) is 4.06. The molecule has 2 rings (SSSR count). The van der Waals surface area contributed by atoms with Gasteiger partial charge in [0.2, 0.25) is 0 Å². The summed E-state index contributed by atoms with van der Waals surface area (Å²) in [5.41, 5.74) is -0.185. The van der Waals surface area contributed by atoms with E-state index in [0.717, 1.165) is 26.1 Å². The van der Waals surface area contributed by atoms with Gasteiger partial charge in [-0.2, -0.15) is 5.26 Å². The van der Waals surface area contributed by atoms with E-state index in [1.54, 1.807) is 0 Å². The van der Waals surface area contributed by atoms with Crippen molar-refractivity contribution in [1.82, 2.24) is 10.2 Å². The lowest BCUT2D eigenvalue weighted by molar-refractivity contribution is 0.0492. The molecule has 0 aromatic carbocycles. The predicted molar refractivity (Wildman–Crippen MR) is 76.1 cm³/mol. The molecule has 1 heterocycles. The van der Waals surface area contributed by atoms with E-state index in [-0.39, 0.29) is 17.6 Å². The number of nitriles is 1. The van der Waals surface area contributed by atoms with Gasteiger partial charge in [-0.15, -0.1) is 0 Å². The van der Waals surface area contributed by atoms with Crippen LogP contribution in [0.5, 0.6) is 0 Å². The number of likely N-dealkylation sites (tertiary alicyclic amines) is 1. The van der Waals surface area contributed by atoms with Gasteiger partial charge in [-0.3, -0.25) is 0 Å². The molecule has 1 N–H and O–H groups in total. The van der Waals surface area contributed by atoms with Crippen molar-refractivity contribution < 1.29 is 9.53 Å². The number of hydrogen-bond acceptors (Lipinski definition) is 4. The fourth-order valence-corrected chi connectivity index (χ4v) is 2.94. The van der Waals surface area contributed by atoms with Crippen molar-refractivity contribution in [3.05, 3.63) is 0 Å². The fraction of sp³-hybridized carbons (Fsp3) is 0.867. The maximum absolute atomic E-state index is 11.9. The summed E-state index contributed by atoms with van der Waals surface area (Å²) in [5.74, 6) is 0. The molecule has 0 aromatic rings. The van der Waals surface area contributed by atoms with Crippen LogP contribution in [-0.2, 0) is 4.74 Å². The van der Waals surface area contributed by atoms with Gasteiger partial charge in [-0.1, -0.05) is 0 Å². The molecule has 5 heteroatoms. The van der Waals surface area contributed by atoms with E-state index in [9.17, 15) is 4.79 Å². The number of carbonyl (C=O) groups excluding carboxylic acids is 1. The first-order valence-electron chi connectivity index (χ1n) is 7.43. The molecule has 1 saturated carbocycles. The van der Waals surface area contributed by atoms with Crippen LogP contribution in [0.25, 0.3) is 0 Å². The van der Waals surface area contributed by atoms with Gasteiger partial charge in [0.25, 0.3) is 0 Å². The van der Waals surface area contributed by atoms with Crippen LogP contribution in [0.3, 0.4) is 0 Å². The second-order valence-corrected chi connectivity index (χ2v) is 7.06. The van der Waals surface area contributed by atoms with E-state index in [4.69, 9.17) is 10.00 Å². The molecular formula is C15H25N3O2. The molecule has 1 spiro atoms. The van der Waals surface area contributed by atoms with Gasteiger partial charge in [0.05, 0.1) is 12.1 Å². The number of rotatable bonds is 4. The fourth-order valence-electron chi connectivity index (χ4n) is 2.94. The summed E-state index contributed by atoms with van der Waals surface area (Å²) in [6, 6.07) is 2.37. The average molecular weight is 279 g/mol. The minimum atomic E-state index is -0.452. The zero-order valence-electron chi connectivity index (χ0n) is 12.7. The lowest BCUT2D eigenvalue weighted by atomic mass is 10.0. The Labute approximate surface area is 121 Å². The van der Waals surface area contributed by atoms with Gasteiger partial charge < -0.3 is 15.0 Å². The SMILES string of the molecule is CC(C)(C)OC(=O)N[C@@H]1CN(CCCC#N)CC12CC2. The second-order valence-electron chi connectivity index (χ2n) is 7.06. The number of nitrogens with one attached hydrogen (secondary N) is 1. The molecule has 20 heavy (non-hydrogen) atoms. The summed E-state index contributed by atoms with van der Waals surface area (Å²) >= 11 is 0. The predicted octanol–water partition coefficient (Wildman–Crippen LogP) is 2.28. The number of alkyl carbamates (subject to hydrolysis) is 1. The molecule has 0 unspecified atom stereocenters. The van der Waals surface area contributed by atoms with Crippen molar-refractivity contribution in [2.75, 3.05) is 19.6 Å². The lowest BCUT2D eigenvalue weighted by Crippen LogP contribution is -2.44. The summed E-state index contributed by atoms with van der Waals surface area (Å²) < 4.78 is 5.34. The van der Waals surface area contributed by atoms with E-state index in [1.807, 2.05) is 20.8 Å². The molecule has 112 valence electrons. The third kappa shape index (κ3) is 3.86. The van der Waals surface area contributed by atoms with Gasteiger partial charge in [0.1, 0.15) is 5.60 Å². The van der Waals surface area contributed by atoms with Crippen molar-refractivity contribution in [1.29, 1.82) is 5.26 Å². The Hall–Kier alpha value is -1.28. The van der Waals surface area contributed by atoms with Crippen LogP contribution >= 0.6 is 0 Å². The molecule has 2 fully saturated rings. The number of amides is 1. The monoisotopic (exact) mass is 279 g/mol. The number of hydrogen-bond donors (Lipinski definition) is 1. The van der Waals surface area contributed by atoms with E-state index < -0.39 is 5.60 Å². The summed E-state index contributed by atoms with van der Waals surface area (Å²) in [6.45, 7) is 8.50. The van der Waals surface area contributed by atoms with E-state index in [0.29, 0.717) is 6.42 Å². The van der Waals surface area contributed by atoms with E-state index >= 15 is 0 Å². The van der Waals surface area contributed by atoms with Crippen LogP contribution in [0.4, 0.5) is 4.79 Å². The van der Waals surface area contributed by atoms with Crippen molar-refractivity contribution in [3.8, 4) is 6.07 Å². The van der Waals surface area contributed by atoms with Crippen LogP contribution in [0.1, 0.15) is 46.5 Å². The van der Waals surface area contributed by atoms with Gasteiger partial charge in [0, 0.05) is 24.9 Å². The van der Waals surface area contributed by atoms with Crippen molar-refractivity contribution >= 4 is 6.09 Å². The van der Waals surface area contributed by atoms with Crippen LogP contribution in [0.15, 0.2) is 0 Å². The highest BCUT2D eigenvalue weighted by atomic mass is 16.6. The third-order valence-electron chi connectivity index (χ3n) is 4.06. The molecule has 1 atom stereocenters. The minimum Gasteiger partial charge on any atom is -0.444 e. The van der Waals surface area contributed by atoms with Gasteiger partial charge >= 0.3 is 6.09 Å². The Morgan fingerprint density at radius 2 is 2.20 bits per heavy atom. The molecule has 1 aliphatic carbocycles. The Morgan fingerprint density at radius 1 is 1.50 bits per heavy atom. The molecule has 1 aliphatic heterocycles. The van der Waals surface area contributed by atoms with E-state index in [1.165, 1.54) is 12.8 Å². The molecule has 5 nitrogen and oxygen atoms in total. The molecule has 1 saturated heterocycles. The number of nitrogens with zero attached hydrogens (tertiary/aromatic N) is 2. The Kier molecular flexibility index (Phi) is 4.24. The van der Waals surface area contributed by atoms with Crippen molar-refractivity contribution in [2.24, 2.45) is 5.41 Å². The number of unbranched alkanes of at least 4 members (excludes halogenated alkanes) is 1. The molecule has 0 radical (unpaired) electrons. The molecule has 1 amide bonds. The smallest absolute Gasteiger partial charge is 0.407 e. The van der Waals surface area contributed by atoms with Crippen molar-refractivity contribution in [3.63, 3.8) is 0 Å². The van der Waals surface area contributed by atoms with Crippen molar-refractivity contribution in [2.45, 2.75) is 58.1 Å². The lowest BCUT2D eigenvalue weighted by Gasteiger charge is -2.24. The Morgan fingerprint density at radius 3 is 2.75 bits per heavy atom. The first kappa shape index (κ1) is 15.1. The van der Waals surface area contributed by atoms with Gasteiger partial charge in [-0.05, 0) is 46.6 Å². The van der Waals surface area contributed by atoms with Crippen LogP contribution in [0.2, 0.25) is 0 Å². The first-order chi connectivity index (χ1) is 9.35. The van der Waals surface area contributed by atoms with E-state index in [2.05, 4.69) is 16.3 Å². The Balaban J connectivity index is 1.83. The summed E-state index contributed by atoms with van der Waals surface area (Å²) in [4.78, 5) is 14.3. The molecule has 2 aliphatic rings. The number of carbonyl (C=O) groups is 1.